The SMILES string of the molecule is N.NNO. The summed E-state index contributed by atoms with van der Waals surface area (Å²) >= 11 is 0. The van der Waals surface area contributed by atoms with Crippen LogP contribution in [0.2, 0.25) is 0 Å². The molecule has 0 amide bonds. The molecule has 0 radical (unpaired) electrons. The zero-order chi connectivity index (χ0) is 2.71. The molecule has 0 aliphatic heterocycles. The van der Waals surface area contributed by atoms with E-state index in [4.69, 9.17) is 5.21 Å². The third kappa shape index (κ3) is 50.7. The van der Waals surface area contributed by atoms with Gasteiger partial charge in [0.1, 0.15) is 0 Å². The molecule has 0 unspecified atom stereocenters. The molecule has 4 nitrogen and oxygen atoms in total. The van der Waals surface area contributed by atoms with Crippen molar-refractivity contribution in [3.8, 4) is 0 Å². The Morgan fingerprint density at radius 3 is 1.75 bits per heavy atom. The second-order valence-corrected chi connectivity index (χ2v) is 0.129. The van der Waals surface area contributed by atoms with E-state index in [0.717, 1.165) is 0 Å². The molecule has 0 atom stereocenters. The normalized spacial score (nSPS) is 4.50. The van der Waals surface area contributed by atoms with Crippen molar-refractivity contribution in [2.75, 3.05) is 0 Å². The summed E-state index contributed by atoms with van der Waals surface area (Å²) in [5.41, 5.74) is 1.25. The van der Waals surface area contributed by atoms with E-state index in [0.29, 0.717) is 0 Å². The Labute approximate surface area is 24.1 Å². The maximum Gasteiger partial charge on any atom is -0.143 e. The van der Waals surface area contributed by atoms with Gasteiger partial charge in [0.15, 0.2) is 0 Å². The number of rotatable bonds is 0. The van der Waals surface area contributed by atoms with Crippen molar-refractivity contribution in [1.82, 2.24) is 11.7 Å². The summed E-state index contributed by atoms with van der Waals surface area (Å²) in [6, 6.07) is 0. The third-order valence-corrected chi connectivity index (χ3v) is 0. The van der Waals surface area contributed by atoms with Gasteiger partial charge in [0, 0.05) is 0 Å². The van der Waals surface area contributed by atoms with Gasteiger partial charge in [0.25, 0.3) is 0 Å². The molecule has 4 heavy (non-hydrogen) atoms. The van der Waals surface area contributed by atoms with Crippen LogP contribution in [0.5, 0.6) is 0 Å². The van der Waals surface area contributed by atoms with Crippen molar-refractivity contribution >= 4 is 0 Å². The van der Waals surface area contributed by atoms with Crippen LogP contribution in [0, 0.1) is 0 Å². The van der Waals surface area contributed by atoms with Crippen LogP contribution >= 0.6 is 0 Å². The Morgan fingerprint density at radius 2 is 1.75 bits per heavy atom. The van der Waals surface area contributed by atoms with Gasteiger partial charge in [-0.3, -0.25) is 0 Å². The topological polar surface area (TPSA) is 93.3 Å². The zero-order valence-corrected chi connectivity index (χ0v) is 2.23. The second kappa shape index (κ2) is 13.6. The summed E-state index contributed by atoms with van der Waals surface area (Å²) in [4.78, 5) is 0. The van der Waals surface area contributed by atoms with E-state index in [-0.39, 0.29) is 6.15 Å². The van der Waals surface area contributed by atoms with Gasteiger partial charge in [-0.2, -0.15) is 0 Å². The van der Waals surface area contributed by atoms with Gasteiger partial charge in [-0.05, 0) is 0 Å². The number of nitrogens with two attached hydrogens (primary N) is 1. The van der Waals surface area contributed by atoms with Crippen LogP contribution in [0.15, 0.2) is 0 Å². The molecule has 0 heterocycles. The third-order valence-electron chi connectivity index (χ3n) is 0. The lowest BCUT2D eigenvalue weighted by Crippen LogP contribution is -2.14. The van der Waals surface area contributed by atoms with Crippen molar-refractivity contribution < 1.29 is 5.21 Å². The fraction of sp³-hybridized carbons (Fsp3) is 0. The van der Waals surface area contributed by atoms with Crippen LogP contribution in [0.4, 0.5) is 0 Å². The van der Waals surface area contributed by atoms with Gasteiger partial charge in [-0.1, -0.05) is 0 Å². The predicted molar refractivity (Wildman–Crippen MR) is 14.1 cm³/mol. The van der Waals surface area contributed by atoms with Crippen molar-refractivity contribution in [1.29, 1.82) is 0 Å². The molecule has 4 heteroatoms. The molecule has 0 fully saturated rings. The van der Waals surface area contributed by atoms with Gasteiger partial charge in [-0.25, -0.2) is 5.84 Å². The van der Waals surface area contributed by atoms with Crippen LogP contribution in [-0.2, 0) is 0 Å². The number of hydrazine groups is 1. The molecule has 0 bridgehead atoms. The summed E-state index contributed by atoms with van der Waals surface area (Å²) in [7, 11) is 0. The minimum atomic E-state index is 0. The molecule has 0 saturated heterocycles. The summed E-state index contributed by atoms with van der Waals surface area (Å²) in [5.74, 6) is 4.15. The van der Waals surface area contributed by atoms with Crippen molar-refractivity contribution in [3.63, 3.8) is 0 Å². The van der Waals surface area contributed by atoms with Gasteiger partial charge >= 0.3 is 0 Å². The summed E-state index contributed by atoms with van der Waals surface area (Å²) in [5, 5.41) is 7.10. The van der Waals surface area contributed by atoms with Crippen LogP contribution in [0.25, 0.3) is 0 Å². The molecule has 0 saturated carbocycles. The van der Waals surface area contributed by atoms with E-state index >= 15 is 0 Å². The van der Waals surface area contributed by atoms with E-state index in [1.807, 2.05) is 0 Å². The highest BCUT2D eigenvalue weighted by Crippen LogP contribution is 0.781. The van der Waals surface area contributed by atoms with Crippen molar-refractivity contribution in [3.05, 3.63) is 0 Å². The molecule has 0 aromatic rings. The van der Waals surface area contributed by atoms with Crippen LogP contribution < -0.4 is 17.6 Å². The lowest BCUT2D eigenvalue weighted by Gasteiger charge is -1.62. The molecule has 0 spiro atoms. The zero-order valence-electron chi connectivity index (χ0n) is 2.23. The number of nitrogens with one attached hydrogen (secondary N) is 1. The Morgan fingerprint density at radius 1 is 1.75 bits per heavy atom. The monoisotopic (exact) mass is 65.1 g/mol. The average molecular weight is 65.1 g/mol. The minimum Gasteiger partial charge on any atom is -0.344 e. The molecule has 7 N–H and O–H groups in total. The highest BCUT2D eigenvalue weighted by atomic mass is 16.5. The van der Waals surface area contributed by atoms with Crippen molar-refractivity contribution in [2.24, 2.45) is 5.84 Å². The minimum absolute atomic E-state index is 0. The molecule has 0 aromatic heterocycles. The number of hydrogen-bond donors (Lipinski definition) is 4. The second-order valence-electron chi connectivity index (χ2n) is 0.129. The largest absolute Gasteiger partial charge is 0.344 e. The lowest BCUT2D eigenvalue weighted by molar-refractivity contribution is 0.169. The predicted octanol–water partition coefficient (Wildman–Crippen LogP) is -0.999. The van der Waals surface area contributed by atoms with Crippen LogP contribution in [0.3, 0.4) is 0 Å². The Bertz CT molecular complexity index is 3.25. The molecule has 28 valence electrons. The average Bonchev–Trinajstić information content (AvgIpc) is 0.918. The first kappa shape index (κ1) is 9.15. The quantitative estimate of drug-likeness (QED) is 0.215. The number of hydrogen-bond acceptors (Lipinski definition) is 4. The molecule has 0 aliphatic rings. The first-order valence-corrected chi connectivity index (χ1v) is 0.512. The fourth-order valence-corrected chi connectivity index (χ4v) is 0. The summed E-state index contributed by atoms with van der Waals surface area (Å²) in [6.07, 6.45) is 0. The maximum atomic E-state index is 7.10. The fourth-order valence-electron chi connectivity index (χ4n) is 0. The Balaban J connectivity index is 0. The van der Waals surface area contributed by atoms with Gasteiger partial charge < -0.3 is 11.4 Å². The molecular formula is H7N3O. The molecule has 0 rings (SSSR count). The summed E-state index contributed by atoms with van der Waals surface area (Å²) < 4.78 is 0. The van der Waals surface area contributed by atoms with E-state index in [1.54, 1.807) is 0 Å². The van der Waals surface area contributed by atoms with Gasteiger partial charge in [0.05, 0.1) is 0 Å². The van der Waals surface area contributed by atoms with Crippen LogP contribution in [-0.4, -0.2) is 5.21 Å². The smallest absolute Gasteiger partial charge is 0.143 e. The molecular weight excluding hydrogens is 58.0 g/mol. The first-order valence-electron chi connectivity index (χ1n) is 0.512. The van der Waals surface area contributed by atoms with Gasteiger partial charge in [0.2, 0.25) is 0 Å². The molecule has 0 aliphatic carbocycles. The van der Waals surface area contributed by atoms with E-state index in [9.17, 15) is 0 Å². The Kier molecular flexibility index (Phi) is 31.2. The standard InChI is InChI=1S/H4N2O.H3N/c1-2-3;/h2-3H,1H2;1H3. The van der Waals surface area contributed by atoms with Crippen LogP contribution in [0.1, 0.15) is 0 Å². The highest BCUT2D eigenvalue weighted by Gasteiger charge is 1.21. The van der Waals surface area contributed by atoms with Crippen molar-refractivity contribution in [2.45, 2.75) is 0 Å². The molecule has 0 aromatic carbocycles. The lowest BCUT2D eigenvalue weighted by atomic mass is 12.8. The Hall–Kier alpha value is -0.160. The van der Waals surface area contributed by atoms with Gasteiger partial charge in [-0.15, -0.1) is 5.59 Å². The van der Waals surface area contributed by atoms with E-state index < -0.39 is 0 Å². The summed E-state index contributed by atoms with van der Waals surface area (Å²) in [6.45, 7) is 0. The maximum absolute atomic E-state index is 7.10. The van der Waals surface area contributed by atoms with E-state index in [1.165, 1.54) is 5.59 Å². The van der Waals surface area contributed by atoms with E-state index in [2.05, 4.69) is 5.84 Å². The highest BCUT2D eigenvalue weighted by molar-refractivity contribution is 3.42. The first-order chi connectivity index (χ1) is 1.41.